The summed E-state index contributed by atoms with van der Waals surface area (Å²) in [6.45, 7) is 1.97. The number of para-hydroxylation sites is 1. The third-order valence-corrected chi connectivity index (χ3v) is 4.22. The van der Waals surface area contributed by atoms with Gasteiger partial charge >= 0.3 is 0 Å². The lowest BCUT2D eigenvalue weighted by atomic mass is 10.1. The first-order chi connectivity index (χ1) is 14.0. The number of benzene rings is 3. The zero-order valence-corrected chi connectivity index (χ0v) is 15.9. The Morgan fingerprint density at radius 2 is 1.48 bits per heavy atom. The minimum atomic E-state index is -0.261. The Kier molecular flexibility index (Phi) is 6.23. The predicted octanol–water partition coefficient (Wildman–Crippen LogP) is 4.17. The molecule has 0 bridgehead atoms. The van der Waals surface area contributed by atoms with Gasteiger partial charge in [0.2, 0.25) is 5.91 Å². The standard InChI is InChI=1S/C23H20N4O2/c1-16-6-10-19(11-7-16)27-23(29)20-4-2-3-5-21(20)25-15-22(28)26-18-12-8-17(14-24)9-13-18/h2-13,25H,15H2,1H3,(H,26,28)(H,27,29). The van der Waals surface area contributed by atoms with Crippen molar-refractivity contribution in [2.75, 3.05) is 22.5 Å². The number of nitrogens with one attached hydrogen (secondary N) is 3. The van der Waals surface area contributed by atoms with Crippen LogP contribution in [0.4, 0.5) is 17.1 Å². The molecule has 6 nitrogen and oxygen atoms in total. The second kappa shape index (κ2) is 9.20. The summed E-state index contributed by atoms with van der Waals surface area (Å²) in [6.07, 6.45) is 0. The number of carbonyl (C=O) groups is 2. The lowest BCUT2D eigenvalue weighted by Gasteiger charge is -2.12. The topological polar surface area (TPSA) is 94.0 Å². The van der Waals surface area contributed by atoms with Crippen molar-refractivity contribution in [2.24, 2.45) is 0 Å². The van der Waals surface area contributed by atoms with Gasteiger partial charge in [-0.25, -0.2) is 0 Å². The number of nitrogens with zero attached hydrogens (tertiary/aromatic N) is 1. The first-order valence-corrected chi connectivity index (χ1v) is 9.06. The molecule has 0 aromatic heterocycles. The first-order valence-electron chi connectivity index (χ1n) is 9.06. The fraction of sp³-hybridized carbons (Fsp3) is 0.0870. The van der Waals surface area contributed by atoms with E-state index in [0.29, 0.717) is 28.2 Å². The van der Waals surface area contributed by atoms with Crippen LogP contribution in [-0.4, -0.2) is 18.4 Å². The molecule has 3 aromatic rings. The number of hydrogen-bond donors (Lipinski definition) is 3. The summed E-state index contributed by atoms with van der Waals surface area (Å²) < 4.78 is 0. The van der Waals surface area contributed by atoms with E-state index in [1.165, 1.54) is 0 Å². The first kappa shape index (κ1) is 19.6. The molecular weight excluding hydrogens is 364 g/mol. The summed E-state index contributed by atoms with van der Waals surface area (Å²) in [4.78, 5) is 24.8. The van der Waals surface area contributed by atoms with Gasteiger partial charge in [-0.15, -0.1) is 0 Å². The summed E-state index contributed by atoms with van der Waals surface area (Å²) in [5.41, 5.74) is 3.94. The molecule has 6 heteroatoms. The van der Waals surface area contributed by atoms with Gasteiger partial charge in [-0.2, -0.15) is 5.26 Å². The van der Waals surface area contributed by atoms with Crippen LogP contribution < -0.4 is 16.0 Å². The molecule has 0 radical (unpaired) electrons. The molecule has 3 N–H and O–H groups in total. The highest BCUT2D eigenvalue weighted by Gasteiger charge is 2.12. The minimum absolute atomic E-state index is 0.00513. The van der Waals surface area contributed by atoms with Crippen LogP contribution in [0.2, 0.25) is 0 Å². The van der Waals surface area contributed by atoms with Crippen LogP contribution in [0.25, 0.3) is 0 Å². The molecule has 0 heterocycles. The van der Waals surface area contributed by atoms with E-state index < -0.39 is 0 Å². The Morgan fingerprint density at radius 3 is 2.17 bits per heavy atom. The van der Waals surface area contributed by atoms with Gasteiger partial charge in [0.25, 0.3) is 5.91 Å². The monoisotopic (exact) mass is 384 g/mol. The summed E-state index contributed by atoms with van der Waals surface area (Å²) in [6, 6.07) is 23.2. The molecule has 0 atom stereocenters. The number of amides is 2. The van der Waals surface area contributed by atoms with E-state index in [9.17, 15) is 9.59 Å². The van der Waals surface area contributed by atoms with Crippen molar-refractivity contribution >= 4 is 28.9 Å². The van der Waals surface area contributed by atoms with Crippen LogP contribution in [0, 0.1) is 18.3 Å². The number of anilines is 3. The molecular formula is C23H20N4O2. The Hall–Kier alpha value is -4.11. The molecule has 29 heavy (non-hydrogen) atoms. The molecule has 3 aromatic carbocycles. The van der Waals surface area contributed by atoms with Gasteiger partial charge in [0.05, 0.1) is 23.7 Å². The third kappa shape index (κ3) is 5.44. The van der Waals surface area contributed by atoms with E-state index in [2.05, 4.69) is 16.0 Å². The Labute approximate surface area is 169 Å². The second-order valence-electron chi connectivity index (χ2n) is 6.46. The Balaban J connectivity index is 1.62. The lowest BCUT2D eigenvalue weighted by Crippen LogP contribution is -2.23. The van der Waals surface area contributed by atoms with Gasteiger partial charge in [0.15, 0.2) is 0 Å². The molecule has 0 aliphatic rings. The number of nitriles is 1. The van der Waals surface area contributed by atoms with Crippen molar-refractivity contribution in [3.05, 3.63) is 89.5 Å². The van der Waals surface area contributed by atoms with Gasteiger partial charge < -0.3 is 16.0 Å². The van der Waals surface area contributed by atoms with Crippen molar-refractivity contribution in [1.29, 1.82) is 5.26 Å². The highest BCUT2D eigenvalue weighted by molar-refractivity contribution is 6.08. The zero-order valence-electron chi connectivity index (χ0n) is 15.9. The van der Waals surface area contributed by atoms with Crippen LogP contribution in [0.1, 0.15) is 21.5 Å². The summed E-state index contributed by atoms with van der Waals surface area (Å²) in [5.74, 6) is -0.520. The van der Waals surface area contributed by atoms with Crippen molar-refractivity contribution in [3.8, 4) is 6.07 Å². The number of rotatable bonds is 6. The van der Waals surface area contributed by atoms with Crippen molar-refractivity contribution in [3.63, 3.8) is 0 Å². The maximum atomic E-state index is 12.6. The van der Waals surface area contributed by atoms with E-state index >= 15 is 0 Å². The predicted molar refractivity (Wildman–Crippen MR) is 114 cm³/mol. The molecule has 0 fully saturated rings. The summed E-state index contributed by atoms with van der Waals surface area (Å²) >= 11 is 0. The van der Waals surface area contributed by atoms with Gasteiger partial charge in [-0.1, -0.05) is 29.8 Å². The fourth-order valence-corrected chi connectivity index (χ4v) is 2.68. The average molecular weight is 384 g/mol. The molecule has 3 rings (SSSR count). The zero-order chi connectivity index (χ0) is 20.6. The number of carbonyl (C=O) groups excluding carboxylic acids is 2. The molecule has 0 spiro atoms. The highest BCUT2D eigenvalue weighted by Crippen LogP contribution is 2.18. The van der Waals surface area contributed by atoms with Crippen molar-refractivity contribution in [2.45, 2.75) is 6.92 Å². The highest BCUT2D eigenvalue weighted by atomic mass is 16.2. The molecule has 0 unspecified atom stereocenters. The maximum Gasteiger partial charge on any atom is 0.257 e. The van der Waals surface area contributed by atoms with Crippen LogP contribution >= 0.6 is 0 Å². The van der Waals surface area contributed by atoms with Crippen LogP contribution in [0.3, 0.4) is 0 Å². The smallest absolute Gasteiger partial charge is 0.257 e. The lowest BCUT2D eigenvalue weighted by molar-refractivity contribution is -0.114. The van der Waals surface area contributed by atoms with Crippen molar-refractivity contribution < 1.29 is 9.59 Å². The molecule has 0 aliphatic heterocycles. The molecule has 0 saturated carbocycles. The molecule has 0 saturated heterocycles. The molecule has 0 aliphatic carbocycles. The van der Waals surface area contributed by atoms with Crippen molar-refractivity contribution in [1.82, 2.24) is 0 Å². The average Bonchev–Trinajstić information content (AvgIpc) is 2.74. The Morgan fingerprint density at radius 1 is 0.862 bits per heavy atom. The van der Waals surface area contributed by atoms with Gasteiger partial charge in [-0.05, 0) is 55.5 Å². The fourth-order valence-electron chi connectivity index (χ4n) is 2.68. The largest absolute Gasteiger partial charge is 0.376 e. The van der Waals surface area contributed by atoms with Crippen LogP contribution in [-0.2, 0) is 4.79 Å². The van der Waals surface area contributed by atoms with E-state index in [4.69, 9.17) is 5.26 Å². The normalized spacial score (nSPS) is 9.93. The van der Waals surface area contributed by atoms with Crippen LogP contribution in [0.15, 0.2) is 72.8 Å². The van der Waals surface area contributed by atoms with E-state index in [1.54, 1.807) is 48.5 Å². The number of aryl methyl sites for hydroxylation is 1. The Bertz CT molecular complexity index is 1050. The van der Waals surface area contributed by atoms with E-state index in [0.717, 1.165) is 5.56 Å². The summed E-state index contributed by atoms with van der Waals surface area (Å²) in [5, 5.41) is 17.4. The van der Waals surface area contributed by atoms with Gasteiger partial charge in [0.1, 0.15) is 0 Å². The second-order valence-corrected chi connectivity index (χ2v) is 6.46. The SMILES string of the molecule is Cc1ccc(NC(=O)c2ccccc2NCC(=O)Nc2ccc(C#N)cc2)cc1. The van der Waals surface area contributed by atoms with Crippen LogP contribution in [0.5, 0.6) is 0 Å². The van der Waals surface area contributed by atoms with E-state index in [-0.39, 0.29) is 18.4 Å². The number of hydrogen-bond acceptors (Lipinski definition) is 4. The molecule has 144 valence electrons. The summed E-state index contributed by atoms with van der Waals surface area (Å²) in [7, 11) is 0. The van der Waals surface area contributed by atoms with Gasteiger partial charge in [0, 0.05) is 17.1 Å². The third-order valence-electron chi connectivity index (χ3n) is 4.22. The maximum absolute atomic E-state index is 12.6. The van der Waals surface area contributed by atoms with E-state index in [1.807, 2.05) is 37.3 Å². The minimum Gasteiger partial charge on any atom is -0.376 e. The van der Waals surface area contributed by atoms with Gasteiger partial charge in [-0.3, -0.25) is 9.59 Å². The molecule has 2 amide bonds. The quantitative estimate of drug-likeness (QED) is 0.594.